The maximum Gasteiger partial charge on any atom is 0.228 e. The minimum absolute atomic E-state index is 0.0239. The highest BCUT2D eigenvalue weighted by Crippen LogP contribution is 2.44. The molecule has 16 heteroatoms. The number of aliphatic hydroxyl groups is 2. The van der Waals surface area contributed by atoms with Gasteiger partial charge in [0.2, 0.25) is 11.9 Å². The molecule has 2 aromatic carbocycles. The second kappa shape index (κ2) is 18.1. The van der Waals surface area contributed by atoms with Crippen molar-refractivity contribution in [1.82, 2.24) is 49.1 Å². The van der Waals surface area contributed by atoms with E-state index in [9.17, 15) is 19.0 Å². The Morgan fingerprint density at radius 3 is 1.47 bits per heavy atom. The van der Waals surface area contributed by atoms with Gasteiger partial charge in [-0.3, -0.25) is 9.97 Å². The van der Waals surface area contributed by atoms with Crippen LogP contribution in [0.5, 0.6) is 0 Å². The normalized spacial score (nSPS) is 18.1. The molecule has 0 fully saturated rings. The molecule has 6 aromatic heterocycles. The van der Waals surface area contributed by atoms with Gasteiger partial charge in [-0.15, -0.1) is 0 Å². The molecule has 344 valence electrons. The Balaban J connectivity index is 0.000000149. The van der Waals surface area contributed by atoms with E-state index in [0.717, 1.165) is 74.9 Å². The van der Waals surface area contributed by atoms with Gasteiger partial charge in [-0.1, -0.05) is 73.5 Å². The van der Waals surface area contributed by atoms with E-state index < -0.39 is 11.6 Å². The van der Waals surface area contributed by atoms with Gasteiger partial charge < -0.3 is 20.8 Å². The SMILES string of the molecule is C[C@@H](CO)c1cnn2c(N[C@@H]3CCC4=C(C3)c3ccccc3C4)nc(-c3cncc(F)c3)nc12.C[C@H](CO)c1cnn2c(N[C@@H]3CCC4=C(C3)c3ccccc3C4)nc(-c3cncc(F)c3)nc12. The van der Waals surface area contributed by atoms with E-state index in [2.05, 4.69) is 89.3 Å². The minimum atomic E-state index is -0.445. The summed E-state index contributed by atoms with van der Waals surface area (Å²) in [5.74, 6) is 0.681. The summed E-state index contributed by atoms with van der Waals surface area (Å²) in [7, 11) is 0. The number of rotatable bonds is 10. The Bertz CT molecular complexity index is 3070. The number of hydrogen-bond donors (Lipinski definition) is 4. The Labute approximate surface area is 391 Å². The lowest BCUT2D eigenvalue weighted by Crippen LogP contribution is -2.25. The number of allylic oxidation sites excluding steroid dienone is 2. The van der Waals surface area contributed by atoms with Crippen LogP contribution in [0.1, 0.15) is 97.6 Å². The van der Waals surface area contributed by atoms with Crippen molar-refractivity contribution in [2.75, 3.05) is 23.8 Å². The molecule has 0 spiro atoms. The highest BCUT2D eigenvalue weighted by Gasteiger charge is 2.31. The number of anilines is 2. The maximum absolute atomic E-state index is 13.9. The first-order chi connectivity index (χ1) is 33.2. The van der Waals surface area contributed by atoms with E-state index in [-0.39, 0.29) is 37.1 Å². The van der Waals surface area contributed by atoms with Crippen LogP contribution in [0.2, 0.25) is 0 Å². The Kier molecular flexibility index (Phi) is 11.5. The summed E-state index contributed by atoms with van der Waals surface area (Å²) in [5, 5.41) is 35.7. The number of hydrogen-bond acceptors (Lipinski definition) is 12. The first kappa shape index (κ1) is 43.3. The van der Waals surface area contributed by atoms with Crippen LogP contribution in [0.25, 0.3) is 45.2 Å². The van der Waals surface area contributed by atoms with Gasteiger partial charge in [-0.25, -0.2) is 18.7 Å². The van der Waals surface area contributed by atoms with Crippen LogP contribution in [-0.4, -0.2) is 84.6 Å². The molecule has 14 nitrogen and oxygen atoms in total. The Hall–Kier alpha value is -7.30. The Morgan fingerprint density at radius 2 is 1.04 bits per heavy atom. The predicted molar refractivity (Wildman–Crippen MR) is 256 cm³/mol. The fraction of sp³-hybridized carbons (Fsp3) is 0.308. The van der Waals surface area contributed by atoms with Crippen molar-refractivity contribution in [3.63, 3.8) is 0 Å². The Morgan fingerprint density at radius 1 is 0.603 bits per heavy atom. The summed E-state index contributed by atoms with van der Waals surface area (Å²) in [6.45, 7) is 3.79. The third-order valence-corrected chi connectivity index (χ3v) is 13.8. The zero-order valence-corrected chi connectivity index (χ0v) is 37.7. The molecule has 0 amide bonds. The average Bonchev–Trinajstić information content (AvgIpc) is 4.17. The van der Waals surface area contributed by atoms with Crippen LogP contribution >= 0.6 is 0 Å². The quantitative estimate of drug-likeness (QED) is 0.103. The number of benzene rings is 2. The van der Waals surface area contributed by atoms with E-state index in [1.165, 1.54) is 56.7 Å². The van der Waals surface area contributed by atoms with Gasteiger partial charge in [0.25, 0.3) is 0 Å². The van der Waals surface area contributed by atoms with Crippen molar-refractivity contribution in [3.05, 3.63) is 154 Å². The summed E-state index contributed by atoms with van der Waals surface area (Å²) in [6, 6.07) is 20.4. The third-order valence-electron chi connectivity index (χ3n) is 13.8. The zero-order valence-electron chi connectivity index (χ0n) is 37.7. The van der Waals surface area contributed by atoms with Gasteiger partial charge >= 0.3 is 0 Å². The number of halogens is 2. The largest absolute Gasteiger partial charge is 0.396 e. The first-order valence-electron chi connectivity index (χ1n) is 23.3. The van der Waals surface area contributed by atoms with Crippen molar-refractivity contribution in [3.8, 4) is 22.8 Å². The molecule has 0 saturated heterocycles. The first-order valence-corrected chi connectivity index (χ1v) is 23.3. The van der Waals surface area contributed by atoms with E-state index in [1.54, 1.807) is 33.8 Å². The molecule has 0 unspecified atom stereocenters. The number of nitrogens with one attached hydrogen (secondary N) is 2. The molecule has 4 N–H and O–H groups in total. The second-order valence-corrected chi connectivity index (χ2v) is 18.4. The molecule has 4 aliphatic carbocycles. The van der Waals surface area contributed by atoms with Crippen molar-refractivity contribution in [1.29, 1.82) is 0 Å². The van der Waals surface area contributed by atoms with Gasteiger partial charge in [0, 0.05) is 71.8 Å². The zero-order chi connectivity index (χ0) is 46.5. The van der Waals surface area contributed by atoms with Crippen LogP contribution < -0.4 is 10.6 Å². The van der Waals surface area contributed by atoms with Crippen LogP contribution in [0, 0.1) is 11.6 Å². The number of aliphatic hydroxyl groups excluding tert-OH is 2. The maximum atomic E-state index is 13.9. The van der Waals surface area contributed by atoms with Crippen molar-refractivity contribution in [2.45, 2.75) is 89.1 Å². The van der Waals surface area contributed by atoms with Gasteiger partial charge in [0.15, 0.2) is 22.9 Å². The fourth-order valence-electron chi connectivity index (χ4n) is 10.2. The molecule has 0 aliphatic heterocycles. The number of aromatic nitrogens is 10. The summed E-state index contributed by atoms with van der Waals surface area (Å²) < 4.78 is 31.2. The van der Waals surface area contributed by atoms with Crippen LogP contribution in [-0.2, 0) is 12.8 Å². The fourth-order valence-corrected chi connectivity index (χ4v) is 10.2. The van der Waals surface area contributed by atoms with Gasteiger partial charge in [0.05, 0.1) is 24.8 Å². The van der Waals surface area contributed by atoms with Gasteiger partial charge in [-0.2, -0.15) is 29.2 Å². The molecular weight excluding hydrogens is 863 g/mol. The molecule has 0 radical (unpaired) electrons. The summed E-state index contributed by atoms with van der Waals surface area (Å²) >= 11 is 0. The highest BCUT2D eigenvalue weighted by atomic mass is 19.1. The van der Waals surface area contributed by atoms with Crippen LogP contribution in [0.3, 0.4) is 0 Å². The topological polar surface area (TPSA) is 176 Å². The average molecular weight is 913 g/mol. The minimum Gasteiger partial charge on any atom is -0.396 e. The van der Waals surface area contributed by atoms with Crippen LogP contribution in [0.15, 0.2) is 109 Å². The predicted octanol–water partition coefficient (Wildman–Crippen LogP) is 8.79. The number of pyridine rings is 2. The second-order valence-electron chi connectivity index (χ2n) is 18.4. The van der Waals surface area contributed by atoms with E-state index in [0.29, 0.717) is 46.0 Å². The van der Waals surface area contributed by atoms with E-state index >= 15 is 0 Å². The lowest BCUT2D eigenvalue weighted by molar-refractivity contribution is 0.273. The smallest absolute Gasteiger partial charge is 0.228 e. The summed E-state index contributed by atoms with van der Waals surface area (Å²) in [5.41, 5.74) is 15.3. The van der Waals surface area contributed by atoms with Gasteiger partial charge in [0.1, 0.15) is 11.6 Å². The van der Waals surface area contributed by atoms with Crippen LogP contribution in [0.4, 0.5) is 20.7 Å². The molecule has 4 atom stereocenters. The van der Waals surface area contributed by atoms with Crippen molar-refractivity contribution >= 4 is 34.3 Å². The monoisotopic (exact) mass is 912 g/mol. The standard InChI is InChI=1S/2C26H25FN6O/c2*1-15(14-34)23-13-29-33-25(23)31-24(18-9-19(27)12-28-11-18)32-26(33)30-20-7-6-17-8-16-4-2-3-5-21(16)22(17)10-20/h2*2-5,9,11-13,15,20,34H,6-8,10,14H2,1H3,(H,30,31,32)/t15-,20+;15-,20-/m01/s1. The number of nitrogens with zero attached hydrogens (tertiary/aromatic N) is 10. The lowest BCUT2D eigenvalue weighted by atomic mass is 9.88. The molecule has 0 saturated carbocycles. The molecule has 0 bridgehead atoms. The summed E-state index contributed by atoms with van der Waals surface area (Å²) in [4.78, 5) is 26.7. The molecule has 68 heavy (non-hydrogen) atoms. The van der Waals surface area contributed by atoms with E-state index in [4.69, 9.17) is 9.97 Å². The molecule has 8 aromatic rings. The van der Waals surface area contributed by atoms with Gasteiger partial charge in [-0.05, 0) is 96.9 Å². The number of fused-ring (bicyclic) bond motifs is 6. The summed E-state index contributed by atoms with van der Waals surface area (Å²) in [6.07, 6.45) is 16.9. The lowest BCUT2D eigenvalue weighted by Gasteiger charge is -2.26. The third kappa shape index (κ3) is 8.17. The van der Waals surface area contributed by atoms with E-state index in [1.807, 2.05) is 13.8 Å². The molecule has 6 heterocycles. The molecule has 12 rings (SSSR count). The molecule has 4 aliphatic rings. The van der Waals surface area contributed by atoms with Crippen molar-refractivity contribution in [2.24, 2.45) is 0 Å². The van der Waals surface area contributed by atoms with Crippen molar-refractivity contribution < 1.29 is 19.0 Å². The highest BCUT2D eigenvalue weighted by molar-refractivity contribution is 5.79. The molecular formula is C52H50F2N12O2.